The number of nitrogens with one attached hydrogen (secondary N) is 1. The van der Waals surface area contributed by atoms with Crippen molar-refractivity contribution in [1.82, 2.24) is 5.32 Å². The van der Waals surface area contributed by atoms with Gasteiger partial charge in [-0.15, -0.1) is 0 Å². The van der Waals surface area contributed by atoms with Crippen LogP contribution in [0.1, 0.15) is 24.8 Å². The summed E-state index contributed by atoms with van der Waals surface area (Å²) in [5.74, 6) is 3.08. The summed E-state index contributed by atoms with van der Waals surface area (Å²) < 4.78 is 11.3. The smallest absolute Gasteiger partial charge is 0.165 e. The second-order valence-corrected chi connectivity index (χ2v) is 5.66. The van der Waals surface area contributed by atoms with E-state index >= 15 is 0 Å². The lowest BCUT2D eigenvalue weighted by molar-refractivity contribution is 0.169. The Labute approximate surface area is 120 Å². The molecular formula is C15H23NO2S. The van der Waals surface area contributed by atoms with Crippen molar-refractivity contribution in [2.24, 2.45) is 0 Å². The van der Waals surface area contributed by atoms with Gasteiger partial charge in [-0.3, -0.25) is 0 Å². The molecule has 1 aromatic carbocycles. The van der Waals surface area contributed by atoms with Crippen LogP contribution in [0.25, 0.3) is 0 Å². The van der Waals surface area contributed by atoms with Gasteiger partial charge in [-0.05, 0) is 37.5 Å². The second-order valence-electron chi connectivity index (χ2n) is 4.67. The van der Waals surface area contributed by atoms with Crippen LogP contribution < -0.4 is 14.8 Å². The van der Waals surface area contributed by atoms with Crippen molar-refractivity contribution in [2.45, 2.75) is 25.8 Å². The quantitative estimate of drug-likeness (QED) is 0.742. The molecule has 0 spiro atoms. The van der Waals surface area contributed by atoms with Crippen LogP contribution in [-0.4, -0.2) is 31.8 Å². The summed E-state index contributed by atoms with van der Waals surface area (Å²) in [6.45, 7) is 3.23. The van der Waals surface area contributed by atoms with Crippen LogP contribution in [0, 0.1) is 0 Å². The first-order valence-electron chi connectivity index (χ1n) is 6.99. The van der Waals surface area contributed by atoms with Gasteiger partial charge in [0.15, 0.2) is 11.5 Å². The van der Waals surface area contributed by atoms with Gasteiger partial charge in [0.2, 0.25) is 0 Å². The highest BCUT2D eigenvalue weighted by molar-refractivity contribution is 7.98. The minimum absolute atomic E-state index is 0.651. The number of benzene rings is 1. The normalized spacial score (nSPS) is 13.5. The fourth-order valence-electron chi connectivity index (χ4n) is 2.17. The van der Waals surface area contributed by atoms with Crippen LogP contribution in [-0.2, 0) is 6.54 Å². The van der Waals surface area contributed by atoms with Crippen molar-refractivity contribution in [3.05, 3.63) is 23.8 Å². The molecule has 1 heterocycles. The van der Waals surface area contributed by atoms with Crippen LogP contribution in [0.2, 0.25) is 0 Å². The minimum atomic E-state index is 0.651. The fourth-order valence-corrected chi connectivity index (χ4v) is 2.66. The zero-order chi connectivity index (χ0) is 13.3. The number of rotatable bonds is 8. The number of hydrogen-bond acceptors (Lipinski definition) is 4. The zero-order valence-electron chi connectivity index (χ0n) is 11.6. The topological polar surface area (TPSA) is 30.5 Å². The maximum absolute atomic E-state index is 5.70. The standard InChI is InChI=1S/C15H23NO2S/c1-19-11-4-2-3-8-16-12-13-6-5-7-14-15(13)18-10-9-17-14/h5-7,16H,2-4,8-12H2,1H3. The molecule has 0 saturated heterocycles. The van der Waals surface area contributed by atoms with Crippen molar-refractivity contribution in [1.29, 1.82) is 0 Å². The molecule has 4 heteroatoms. The summed E-state index contributed by atoms with van der Waals surface area (Å²) in [5.41, 5.74) is 1.20. The number of ether oxygens (including phenoxy) is 2. The third-order valence-electron chi connectivity index (χ3n) is 3.17. The molecule has 0 amide bonds. The van der Waals surface area contributed by atoms with E-state index in [2.05, 4.69) is 17.6 Å². The van der Waals surface area contributed by atoms with Gasteiger partial charge in [0.05, 0.1) is 0 Å². The highest BCUT2D eigenvalue weighted by Gasteiger charge is 2.14. The maximum atomic E-state index is 5.70. The molecule has 1 aliphatic rings. The lowest BCUT2D eigenvalue weighted by Crippen LogP contribution is -2.19. The molecule has 0 unspecified atom stereocenters. The third-order valence-corrected chi connectivity index (χ3v) is 3.86. The van der Waals surface area contributed by atoms with Crippen molar-refractivity contribution in [3.63, 3.8) is 0 Å². The first-order valence-corrected chi connectivity index (χ1v) is 8.38. The van der Waals surface area contributed by atoms with E-state index in [0.717, 1.165) is 24.6 Å². The summed E-state index contributed by atoms with van der Waals surface area (Å²) in [6, 6.07) is 6.11. The Morgan fingerprint density at radius 2 is 2.05 bits per heavy atom. The van der Waals surface area contributed by atoms with E-state index in [1.807, 2.05) is 23.9 Å². The van der Waals surface area contributed by atoms with Gasteiger partial charge in [0.25, 0.3) is 0 Å². The van der Waals surface area contributed by atoms with Gasteiger partial charge >= 0.3 is 0 Å². The Kier molecular flexibility index (Phi) is 6.37. The molecular weight excluding hydrogens is 258 g/mol. The molecule has 1 aliphatic heterocycles. The number of unbranched alkanes of at least 4 members (excludes halogenated alkanes) is 2. The monoisotopic (exact) mass is 281 g/mol. The molecule has 0 aliphatic carbocycles. The van der Waals surface area contributed by atoms with Crippen molar-refractivity contribution in [2.75, 3.05) is 31.8 Å². The van der Waals surface area contributed by atoms with Crippen LogP contribution in [0.4, 0.5) is 0 Å². The number of fused-ring (bicyclic) bond motifs is 1. The predicted octanol–water partition coefficient (Wildman–Crippen LogP) is 3.08. The summed E-state index contributed by atoms with van der Waals surface area (Å²) in [4.78, 5) is 0. The summed E-state index contributed by atoms with van der Waals surface area (Å²) >= 11 is 1.93. The van der Waals surface area contributed by atoms with Crippen LogP contribution in [0.15, 0.2) is 18.2 Å². The summed E-state index contributed by atoms with van der Waals surface area (Å²) in [6.07, 6.45) is 6.03. The molecule has 1 N–H and O–H groups in total. The SMILES string of the molecule is CSCCCCCNCc1cccc2c1OCCO2. The highest BCUT2D eigenvalue weighted by Crippen LogP contribution is 2.33. The number of thioether (sulfide) groups is 1. The largest absolute Gasteiger partial charge is 0.486 e. The van der Waals surface area contributed by atoms with E-state index in [1.165, 1.54) is 30.6 Å². The lowest BCUT2D eigenvalue weighted by atomic mass is 10.1. The molecule has 3 nitrogen and oxygen atoms in total. The molecule has 0 fully saturated rings. The Hall–Kier alpha value is -0.870. The van der Waals surface area contributed by atoms with Crippen molar-refractivity contribution in [3.8, 4) is 11.5 Å². The van der Waals surface area contributed by atoms with Gasteiger partial charge in [-0.1, -0.05) is 18.6 Å². The summed E-state index contributed by atoms with van der Waals surface area (Å²) in [5, 5.41) is 3.49. The second kappa shape index (κ2) is 8.33. The molecule has 1 aromatic rings. The van der Waals surface area contributed by atoms with Crippen LogP contribution >= 0.6 is 11.8 Å². The Balaban J connectivity index is 1.71. The zero-order valence-corrected chi connectivity index (χ0v) is 12.4. The number of hydrogen-bond donors (Lipinski definition) is 1. The predicted molar refractivity (Wildman–Crippen MR) is 81.4 cm³/mol. The van der Waals surface area contributed by atoms with Crippen molar-refractivity contribution < 1.29 is 9.47 Å². The van der Waals surface area contributed by atoms with Crippen LogP contribution in [0.3, 0.4) is 0 Å². The molecule has 0 aromatic heterocycles. The number of para-hydroxylation sites is 1. The van der Waals surface area contributed by atoms with E-state index in [4.69, 9.17) is 9.47 Å². The Bertz CT molecular complexity index is 384. The molecule has 19 heavy (non-hydrogen) atoms. The van der Waals surface area contributed by atoms with E-state index in [0.29, 0.717) is 13.2 Å². The van der Waals surface area contributed by atoms with Gasteiger partial charge in [-0.2, -0.15) is 11.8 Å². The Morgan fingerprint density at radius 3 is 2.95 bits per heavy atom. The lowest BCUT2D eigenvalue weighted by Gasteiger charge is -2.21. The van der Waals surface area contributed by atoms with Gasteiger partial charge < -0.3 is 14.8 Å². The average molecular weight is 281 g/mol. The average Bonchev–Trinajstić information content (AvgIpc) is 2.46. The van der Waals surface area contributed by atoms with Crippen molar-refractivity contribution >= 4 is 11.8 Å². The minimum Gasteiger partial charge on any atom is -0.486 e. The molecule has 0 radical (unpaired) electrons. The highest BCUT2D eigenvalue weighted by atomic mass is 32.2. The third kappa shape index (κ3) is 4.62. The molecule has 0 atom stereocenters. The van der Waals surface area contributed by atoms with E-state index in [-0.39, 0.29) is 0 Å². The maximum Gasteiger partial charge on any atom is 0.165 e. The molecule has 0 saturated carbocycles. The Morgan fingerprint density at radius 1 is 1.16 bits per heavy atom. The first kappa shape index (κ1) is 14.5. The van der Waals surface area contributed by atoms with Gasteiger partial charge in [0.1, 0.15) is 13.2 Å². The fraction of sp³-hybridized carbons (Fsp3) is 0.600. The van der Waals surface area contributed by atoms with E-state index < -0.39 is 0 Å². The van der Waals surface area contributed by atoms with Gasteiger partial charge in [0, 0.05) is 12.1 Å². The van der Waals surface area contributed by atoms with Gasteiger partial charge in [-0.25, -0.2) is 0 Å². The van der Waals surface area contributed by atoms with E-state index in [9.17, 15) is 0 Å². The first-order chi connectivity index (χ1) is 9.42. The molecule has 0 bridgehead atoms. The molecule has 106 valence electrons. The van der Waals surface area contributed by atoms with Crippen LogP contribution in [0.5, 0.6) is 11.5 Å². The van der Waals surface area contributed by atoms with E-state index in [1.54, 1.807) is 0 Å². The summed E-state index contributed by atoms with van der Waals surface area (Å²) in [7, 11) is 0. The molecule has 2 rings (SSSR count).